The van der Waals surface area contributed by atoms with Gasteiger partial charge in [0.05, 0.1) is 6.61 Å². The lowest BCUT2D eigenvalue weighted by Gasteiger charge is -2.51. The Hall–Kier alpha value is -1.30. The SMILES string of the molecule is CCOC(=O)N1C[C@@H]2CC[C@@H]1C[C@@H]2N1C[C@@H]2C(C(=O)N(CC)C3CC3)[C@H]2C1. The molecular weight excluding hydrogens is 342 g/mol. The van der Waals surface area contributed by atoms with Crippen molar-refractivity contribution in [2.45, 2.75) is 64.1 Å². The van der Waals surface area contributed by atoms with Gasteiger partial charge in [0.1, 0.15) is 0 Å². The van der Waals surface area contributed by atoms with Gasteiger partial charge in [0, 0.05) is 50.2 Å². The van der Waals surface area contributed by atoms with E-state index in [0.717, 1.165) is 39.0 Å². The van der Waals surface area contributed by atoms with Crippen LogP contribution in [0.5, 0.6) is 0 Å². The summed E-state index contributed by atoms with van der Waals surface area (Å²) in [5, 5.41) is 0. The Labute approximate surface area is 162 Å². The minimum atomic E-state index is -0.125. The molecule has 0 radical (unpaired) electrons. The van der Waals surface area contributed by atoms with Crippen molar-refractivity contribution < 1.29 is 14.3 Å². The molecule has 0 aromatic rings. The first kappa shape index (κ1) is 17.8. The number of nitrogens with zero attached hydrogens (tertiary/aromatic N) is 3. The molecule has 3 saturated carbocycles. The smallest absolute Gasteiger partial charge is 0.410 e. The highest BCUT2D eigenvalue weighted by molar-refractivity contribution is 5.83. The number of carbonyl (C=O) groups is 2. The molecule has 5 atom stereocenters. The fourth-order valence-corrected chi connectivity index (χ4v) is 6.33. The van der Waals surface area contributed by atoms with Gasteiger partial charge >= 0.3 is 6.09 Å². The average Bonchev–Trinajstić information content (AvgIpc) is 3.60. The molecule has 3 aliphatic carbocycles. The van der Waals surface area contributed by atoms with Crippen molar-refractivity contribution >= 4 is 12.0 Å². The van der Waals surface area contributed by atoms with Crippen LogP contribution in [0.2, 0.25) is 0 Å². The molecule has 0 spiro atoms. The van der Waals surface area contributed by atoms with Gasteiger partial charge < -0.3 is 14.5 Å². The summed E-state index contributed by atoms with van der Waals surface area (Å²) >= 11 is 0. The lowest BCUT2D eigenvalue weighted by molar-refractivity contribution is -0.134. The number of amides is 2. The van der Waals surface area contributed by atoms with Crippen molar-refractivity contribution in [1.29, 1.82) is 0 Å². The Kier molecular flexibility index (Phi) is 4.37. The van der Waals surface area contributed by atoms with E-state index in [1.54, 1.807) is 0 Å². The highest BCUT2D eigenvalue weighted by atomic mass is 16.6. The van der Waals surface area contributed by atoms with Crippen molar-refractivity contribution in [1.82, 2.24) is 14.7 Å². The highest BCUT2D eigenvalue weighted by Crippen LogP contribution is 2.55. The molecule has 2 bridgehead atoms. The van der Waals surface area contributed by atoms with E-state index in [9.17, 15) is 9.59 Å². The van der Waals surface area contributed by atoms with E-state index in [0.29, 0.717) is 54.3 Å². The number of rotatable bonds is 5. The Bertz CT molecular complexity index is 610. The van der Waals surface area contributed by atoms with Crippen molar-refractivity contribution in [3.8, 4) is 0 Å². The number of piperidine rings is 3. The summed E-state index contributed by atoms with van der Waals surface area (Å²) < 4.78 is 5.25. The average molecular weight is 376 g/mol. The molecule has 6 heteroatoms. The maximum atomic E-state index is 12.9. The topological polar surface area (TPSA) is 53.1 Å². The Morgan fingerprint density at radius 3 is 2.33 bits per heavy atom. The molecule has 0 N–H and O–H groups in total. The van der Waals surface area contributed by atoms with Crippen molar-refractivity contribution in [3.05, 3.63) is 0 Å². The zero-order chi connectivity index (χ0) is 18.7. The second-order valence-electron chi connectivity index (χ2n) is 9.31. The zero-order valence-electron chi connectivity index (χ0n) is 16.7. The van der Waals surface area contributed by atoms with Crippen LogP contribution >= 0.6 is 0 Å². The van der Waals surface area contributed by atoms with E-state index in [2.05, 4.69) is 16.7 Å². The van der Waals surface area contributed by atoms with Crippen LogP contribution in [0.25, 0.3) is 0 Å². The first-order valence-electron chi connectivity index (χ1n) is 11.1. The van der Waals surface area contributed by atoms with Crippen LogP contribution in [0.4, 0.5) is 4.79 Å². The van der Waals surface area contributed by atoms with Crippen LogP contribution in [0, 0.1) is 23.7 Å². The molecule has 0 aromatic carbocycles. The lowest BCUT2D eigenvalue weighted by atomic mass is 9.75. The summed E-state index contributed by atoms with van der Waals surface area (Å²) in [6.45, 7) is 8.37. The quantitative estimate of drug-likeness (QED) is 0.739. The first-order valence-corrected chi connectivity index (χ1v) is 11.1. The van der Waals surface area contributed by atoms with E-state index in [1.165, 1.54) is 19.3 Å². The molecule has 3 heterocycles. The Morgan fingerprint density at radius 1 is 1.04 bits per heavy atom. The molecule has 2 amide bonds. The van der Waals surface area contributed by atoms with Gasteiger partial charge in [-0.05, 0) is 63.7 Å². The minimum Gasteiger partial charge on any atom is -0.450 e. The molecule has 6 rings (SSSR count). The Morgan fingerprint density at radius 2 is 1.78 bits per heavy atom. The van der Waals surface area contributed by atoms with Crippen LogP contribution in [-0.4, -0.2) is 77.6 Å². The van der Waals surface area contributed by atoms with Crippen LogP contribution < -0.4 is 0 Å². The number of likely N-dealkylation sites (tertiary alicyclic amines) is 1. The third-order valence-electron chi connectivity index (χ3n) is 7.89. The normalized spacial score (nSPS) is 40.0. The number of hydrogen-bond donors (Lipinski definition) is 0. The molecule has 0 unspecified atom stereocenters. The second kappa shape index (κ2) is 6.64. The number of carbonyl (C=O) groups excluding carboxylic acids is 2. The van der Waals surface area contributed by atoms with Gasteiger partial charge in [-0.25, -0.2) is 4.79 Å². The molecule has 6 fully saturated rings. The third-order valence-corrected chi connectivity index (χ3v) is 7.89. The molecule has 0 aromatic heterocycles. The van der Waals surface area contributed by atoms with Gasteiger partial charge in [0.15, 0.2) is 0 Å². The standard InChI is InChI=1S/C21H33N3O3/c1-3-23(14-7-8-14)20(25)19-16-11-22(12-17(16)19)18-9-15-6-5-13(18)10-24(15)21(26)27-4-2/h13-19H,3-12H2,1-2H3/t13-,15+,16-,17-,18-/m0/s1. The van der Waals surface area contributed by atoms with E-state index in [4.69, 9.17) is 4.74 Å². The van der Waals surface area contributed by atoms with E-state index < -0.39 is 0 Å². The van der Waals surface area contributed by atoms with Crippen LogP contribution in [-0.2, 0) is 9.53 Å². The Balaban J connectivity index is 1.17. The molecule has 3 aliphatic heterocycles. The summed E-state index contributed by atoms with van der Waals surface area (Å²) in [6, 6.07) is 1.49. The zero-order valence-corrected chi connectivity index (χ0v) is 16.7. The summed E-state index contributed by atoms with van der Waals surface area (Å²) in [6.07, 6.45) is 5.72. The van der Waals surface area contributed by atoms with Gasteiger partial charge in [-0.2, -0.15) is 0 Å². The predicted molar refractivity (Wildman–Crippen MR) is 101 cm³/mol. The van der Waals surface area contributed by atoms with Crippen molar-refractivity contribution in [2.75, 3.05) is 32.8 Å². The molecule has 150 valence electrons. The maximum absolute atomic E-state index is 12.9. The third kappa shape index (κ3) is 2.95. The largest absolute Gasteiger partial charge is 0.450 e. The fraction of sp³-hybridized carbons (Fsp3) is 0.905. The molecule has 27 heavy (non-hydrogen) atoms. The number of fused-ring (bicyclic) bond motifs is 4. The van der Waals surface area contributed by atoms with E-state index in [1.807, 2.05) is 11.8 Å². The van der Waals surface area contributed by atoms with E-state index >= 15 is 0 Å². The summed E-state index contributed by atoms with van der Waals surface area (Å²) in [5.41, 5.74) is 0. The maximum Gasteiger partial charge on any atom is 0.410 e. The van der Waals surface area contributed by atoms with Gasteiger partial charge in [0.25, 0.3) is 0 Å². The molecule has 3 saturated heterocycles. The van der Waals surface area contributed by atoms with Crippen molar-refractivity contribution in [2.24, 2.45) is 23.7 Å². The monoisotopic (exact) mass is 375 g/mol. The predicted octanol–water partition coefficient (Wildman–Crippen LogP) is 2.18. The number of ether oxygens (including phenoxy) is 1. The molecular formula is C21H33N3O3. The van der Waals surface area contributed by atoms with Crippen LogP contribution in [0.3, 0.4) is 0 Å². The summed E-state index contributed by atoms with van der Waals surface area (Å²) in [5.74, 6) is 2.50. The van der Waals surface area contributed by atoms with Crippen molar-refractivity contribution in [3.63, 3.8) is 0 Å². The van der Waals surface area contributed by atoms with Crippen LogP contribution in [0.1, 0.15) is 46.0 Å². The lowest BCUT2D eigenvalue weighted by Crippen LogP contribution is -2.60. The molecule has 6 aliphatic rings. The van der Waals surface area contributed by atoms with E-state index in [-0.39, 0.29) is 6.09 Å². The van der Waals surface area contributed by atoms with Gasteiger partial charge in [-0.1, -0.05) is 0 Å². The minimum absolute atomic E-state index is 0.125. The summed E-state index contributed by atoms with van der Waals surface area (Å²) in [7, 11) is 0. The van der Waals surface area contributed by atoms with Gasteiger partial charge in [0.2, 0.25) is 5.91 Å². The highest BCUT2D eigenvalue weighted by Gasteiger charge is 2.62. The fourth-order valence-electron chi connectivity index (χ4n) is 6.33. The number of hydrogen-bond acceptors (Lipinski definition) is 4. The first-order chi connectivity index (χ1) is 13.1. The van der Waals surface area contributed by atoms with Gasteiger partial charge in [-0.15, -0.1) is 0 Å². The van der Waals surface area contributed by atoms with Crippen LogP contribution in [0.15, 0.2) is 0 Å². The second-order valence-corrected chi connectivity index (χ2v) is 9.31. The molecule has 6 nitrogen and oxygen atoms in total. The van der Waals surface area contributed by atoms with Gasteiger partial charge in [-0.3, -0.25) is 9.69 Å². The summed E-state index contributed by atoms with van der Waals surface area (Å²) in [4.78, 5) is 31.8.